The van der Waals surface area contributed by atoms with Gasteiger partial charge in [0.15, 0.2) is 0 Å². The van der Waals surface area contributed by atoms with E-state index in [4.69, 9.17) is 16.9 Å². The molecule has 1 saturated heterocycles. The van der Waals surface area contributed by atoms with Crippen LogP contribution >= 0.6 is 11.6 Å². The van der Waals surface area contributed by atoms with Crippen molar-refractivity contribution in [2.24, 2.45) is 0 Å². The van der Waals surface area contributed by atoms with Gasteiger partial charge in [-0.3, -0.25) is 0 Å². The number of nitrogens with one attached hydrogen (secondary N) is 1. The second-order valence-electron chi connectivity index (χ2n) is 5.93. The van der Waals surface area contributed by atoms with Crippen molar-refractivity contribution in [3.8, 4) is 6.07 Å². The molecule has 0 unspecified atom stereocenters. The number of piperidine rings is 1. The summed E-state index contributed by atoms with van der Waals surface area (Å²) in [6.07, 6.45) is 4.64. The highest BCUT2D eigenvalue weighted by Crippen LogP contribution is 2.24. The lowest BCUT2D eigenvalue weighted by Gasteiger charge is -2.33. The number of anilines is 2. The molecule has 0 spiro atoms. The molecule has 5 nitrogen and oxygen atoms in total. The summed E-state index contributed by atoms with van der Waals surface area (Å²) < 4.78 is 0. The van der Waals surface area contributed by atoms with Crippen molar-refractivity contribution in [2.45, 2.75) is 32.2 Å². The number of hydrogen-bond donors (Lipinski definition) is 1. The van der Waals surface area contributed by atoms with Crippen LogP contribution in [0.5, 0.6) is 0 Å². The number of benzene rings is 1. The molecule has 1 N–H and O–H groups in total. The Morgan fingerprint density at radius 1 is 1.29 bits per heavy atom. The van der Waals surface area contributed by atoms with Crippen molar-refractivity contribution in [3.63, 3.8) is 0 Å². The Bertz CT molecular complexity index is 747. The Morgan fingerprint density at radius 2 is 2.08 bits per heavy atom. The third-order valence-electron chi connectivity index (χ3n) is 4.35. The largest absolute Gasteiger partial charge is 0.382 e. The molecule has 2 heterocycles. The minimum absolute atomic E-state index is 0.401. The van der Waals surface area contributed by atoms with E-state index in [1.807, 2.05) is 12.1 Å². The van der Waals surface area contributed by atoms with Gasteiger partial charge < -0.3 is 10.2 Å². The predicted octanol–water partition coefficient (Wildman–Crippen LogP) is 3.64. The number of aromatic nitrogens is 2. The average Bonchev–Trinajstić information content (AvgIpc) is 2.62. The van der Waals surface area contributed by atoms with Crippen molar-refractivity contribution in [3.05, 3.63) is 46.9 Å². The fourth-order valence-electron chi connectivity index (χ4n) is 2.94. The van der Waals surface area contributed by atoms with Crippen LogP contribution in [0.25, 0.3) is 0 Å². The van der Waals surface area contributed by atoms with Gasteiger partial charge in [-0.05, 0) is 37.5 Å². The maximum atomic E-state index is 8.93. The van der Waals surface area contributed by atoms with Gasteiger partial charge in [0.1, 0.15) is 18.2 Å². The monoisotopic (exact) mass is 341 g/mol. The molecule has 1 fully saturated rings. The van der Waals surface area contributed by atoms with Crippen LogP contribution in [0.1, 0.15) is 31.0 Å². The average molecular weight is 342 g/mol. The van der Waals surface area contributed by atoms with Crippen molar-refractivity contribution in [2.75, 3.05) is 23.3 Å². The molecule has 1 aromatic carbocycles. The standard InChI is InChI=1S/C18H20ClN5/c1-2-14-10-18(22-12-21-14)24-7-5-15(6-8-24)23-16-4-3-13(11-20)17(19)9-16/h3-4,9-10,12,15,23H,2,5-8H2,1H3. The fourth-order valence-corrected chi connectivity index (χ4v) is 3.16. The summed E-state index contributed by atoms with van der Waals surface area (Å²) in [5, 5.41) is 12.9. The van der Waals surface area contributed by atoms with Crippen LogP contribution in [0.15, 0.2) is 30.6 Å². The summed E-state index contributed by atoms with van der Waals surface area (Å²) in [6.45, 7) is 4.02. The van der Waals surface area contributed by atoms with E-state index in [1.54, 1.807) is 12.4 Å². The number of nitriles is 1. The summed E-state index contributed by atoms with van der Waals surface area (Å²) in [5.74, 6) is 1.02. The van der Waals surface area contributed by atoms with E-state index >= 15 is 0 Å². The zero-order chi connectivity index (χ0) is 16.9. The molecule has 24 heavy (non-hydrogen) atoms. The third-order valence-corrected chi connectivity index (χ3v) is 4.66. The van der Waals surface area contributed by atoms with Crippen molar-refractivity contribution < 1.29 is 0 Å². The molecule has 0 amide bonds. The smallest absolute Gasteiger partial charge is 0.132 e. The molecule has 0 saturated carbocycles. The molecule has 0 atom stereocenters. The molecule has 3 rings (SSSR count). The number of aryl methyl sites for hydroxylation is 1. The number of halogens is 1. The van der Waals surface area contributed by atoms with Crippen LogP contribution in [0.3, 0.4) is 0 Å². The summed E-state index contributed by atoms with van der Waals surface area (Å²) in [4.78, 5) is 11.0. The molecule has 1 aliphatic heterocycles. The van der Waals surface area contributed by atoms with E-state index in [0.29, 0.717) is 16.6 Å². The minimum Gasteiger partial charge on any atom is -0.382 e. The maximum absolute atomic E-state index is 8.93. The van der Waals surface area contributed by atoms with Gasteiger partial charge >= 0.3 is 0 Å². The number of nitrogens with zero attached hydrogens (tertiary/aromatic N) is 4. The quantitative estimate of drug-likeness (QED) is 0.919. The first-order valence-corrected chi connectivity index (χ1v) is 8.59. The van der Waals surface area contributed by atoms with Crippen molar-refractivity contribution in [1.82, 2.24) is 9.97 Å². The van der Waals surface area contributed by atoms with Gasteiger partial charge in [-0.25, -0.2) is 9.97 Å². The second kappa shape index (κ2) is 7.50. The first-order valence-electron chi connectivity index (χ1n) is 8.21. The summed E-state index contributed by atoms with van der Waals surface area (Å²) in [7, 11) is 0. The summed E-state index contributed by atoms with van der Waals surface area (Å²) in [5.41, 5.74) is 2.55. The van der Waals surface area contributed by atoms with Crippen LogP contribution in [-0.4, -0.2) is 29.1 Å². The van der Waals surface area contributed by atoms with Crippen molar-refractivity contribution in [1.29, 1.82) is 5.26 Å². The molecule has 0 bridgehead atoms. The van der Waals surface area contributed by atoms with E-state index in [2.05, 4.69) is 39.2 Å². The van der Waals surface area contributed by atoms with Gasteiger partial charge in [-0.2, -0.15) is 5.26 Å². The molecular formula is C18H20ClN5. The molecule has 124 valence electrons. The van der Waals surface area contributed by atoms with E-state index in [9.17, 15) is 0 Å². The van der Waals surface area contributed by atoms with Crippen LogP contribution in [0, 0.1) is 11.3 Å². The van der Waals surface area contributed by atoms with Crippen LogP contribution in [0.4, 0.5) is 11.5 Å². The lowest BCUT2D eigenvalue weighted by molar-refractivity contribution is 0.523. The van der Waals surface area contributed by atoms with E-state index in [1.165, 1.54) is 0 Å². The van der Waals surface area contributed by atoms with Gasteiger partial charge in [0, 0.05) is 36.6 Å². The Labute approximate surface area is 147 Å². The number of hydrogen-bond acceptors (Lipinski definition) is 5. The van der Waals surface area contributed by atoms with E-state index in [-0.39, 0.29) is 0 Å². The Kier molecular flexibility index (Phi) is 5.17. The Morgan fingerprint density at radius 3 is 2.75 bits per heavy atom. The van der Waals surface area contributed by atoms with Gasteiger partial charge in [-0.15, -0.1) is 0 Å². The van der Waals surface area contributed by atoms with Gasteiger partial charge in [0.05, 0.1) is 10.6 Å². The molecule has 6 heteroatoms. The summed E-state index contributed by atoms with van der Waals surface area (Å²) >= 11 is 6.09. The first kappa shape index (κ1) is 16.5. The molecule has 0 radical (unpaired) electrons. The number of rotatable bonds is 4. The lowest BCUT2D eigenvalue weighted by atomic mass is 10.0. The second-order valence-corrected chi connectivity index (χ2v) is 6.34. The Hall–Kier alpha value is -2.32. The first-order chi connectivity index (χ1) is 11.7. The highest BCUT2D eigenvalue weighted by Gasteiger charge is 2.20. The van der Waals surface area contributed by atoms with Gasteiger partial charge in [-0.1, -0.05) is 18.5 Å². The predicted molar refractivity (Wildman–Crippen MR) is 96.4 cm³/mol. The van der Waals surface area contributed by atoms with Crippen LogP contribution < -0.4 is 10.2 Å². The lowest BCUT2D eigenvalue weighted by Crippen LogP contribution is -2.39. The molecule has 2 aromatic rings. The minimum atomic E-state index is 0.401. The van der Waals surface area contributed by atoms with Gasteiger partial charge in [0.2, 0.25) is 0 Å². The normalized spacial score (nSPS) is 15.1. The topological polar surface area (TPSA) is 64.8 Å². The third kappa shape index (κ3) is 3.77. The SMILES string of the molecule is CCc1cc(N2CCC(Nc3ccc(C#N)c(Cl)c3)CC2)ncn1. The highest BCUT2D eigenvalue weighted by atomic mass is 35.5. The Balaban J connectivity index is 1.59. The highest BCUT2D eigenvalue weighted by molar-refractivity contribution is 6.32. The van der Waals surface area contributed by atoms with Crippen molar-refractivity contribution >= 4 is 23.1 Å². The molecule has 1 aliphatic rings. The van der Waals surface area contributed by atoms with E-state index < -0.39 is 0 Å². The zero-order valence-corrected chi connectivity index (χ0v) is 14.4. The van der Waals surface area contributed by atoms with Gasteiger partial charge in [0.25, 0.3) is 0 Å². The van der Waals surface area contributed by atoms with Crippen LogP contribution in [0.2, 0.25) is 5.02 Å². The fraction of sp³-hybridized carbons (Fsp3) is 0.389. The zero-order valence-electron chi connectivity index (χ0n) is 13.7. The maximum Gasteiger partial charge on any atom is 0.132 e. The molecule has 0 aliphatic carbocycles. The summed E-state index contributed by atoms with van der Waals surface area (Å²) in [6, 6.07) is 10.1. The molecular weight excluding hydrogens is 322 g/mol. The van der Waals surface area contributed by atoms with Crippen LogP contribution in [-0.2, 0) is 6.42 Å². The molecule has 1 aromatic heterocycles. The van der Waals surface area contributed by atoms with E-state index in [0.717, 1.165) is 49.6 Å².